The minimum Gasteiger partial charge on any atom is -0.349 e. The van der Waals surface area contributed by atoms with Crippen molar-refractivity contribution in [2.45, 2.75) is 13.1 Å². The van der Waals surface area contributed by atoms with Gasteiger partial charge in [0.05, 0.1) is 25.0 Å². The summed E-state index contributed by atoms with van der Waals surface area (Å²) >= 11 is 0. The van der Waals surface area contributed by atoms with Gasteiger partial charge in [0.25, 0.3) is 0 Å². The number of hydrogen-bond acceptors (Lipinski definition) is 4. The van der Waals surface area contributed by atoms with Crippen molar-refractivity contribution >= 4 is 35.6 Å². The number of aliphatic imine (C=N–C) groups is 1. The van der Waals surface area contributed by atoms with Crippen LogP contribution in [0, 0.1) is 0 Å². The van der Waals surface area contributed by atoms with Crippen molar-refractivity contribution < 1.29 is 0 Å². The Hall–Kier alpha value is -2.95. The molecule has 9 heteroatoms. The molecule has 4 aromatic rings. The van der Waals surface area contributed by atoms with Crippen molar-refractivity contribution in [3.8, 4) is 11.3 Å². The number of benzene rings is 1. The molecule has 1 aromatic carbocycles. The van der Waals surface area contributed by atoms with Crippen LogP contribution in [-0.4, -0.2) is 37.6 Å². The summed E-state index contributed by atoms with van der Waals surface area (Å²) in [6.07, 6.45) is 3.78. The fourth-order valence-corrected chi connectivity index (χ4v) is 2.78. The second-order valence-electron chi connectivity index (χ2n) is 5.93. The molecular formula is C19H21IN8. The van der Waals surface area contributed by atoms with Gasteiger partial charge in [-0.2, -0.15) is 0 Å². The third-order valence-corrected chi connectivity index (χ3v) is 4.16. The van der Waals surface area contributed by atoms with Gasteiger partial charge in [0, 0.05) is 13.2 Å². The van der Waals surface area contributed by atoms with Crippen LogP contribution in [-0.2, 0) is 13.1 Å². The number of rotatable bonds is 5. The van der Waals surface area contributed by atoms with Crippen LogP contribution < -0.4 is 10.6 Å². The number of nitrogens with zero attached hydrogens (tertiary/aromatic N) is 5. The Morgan fingerprint density at radius 2 is 1.82 bits per heavy atom. The molecule has 0 spiro atoms. The maximum Gasteiger partial charge on any atom is 0.191 e. The number of H-pyrrole nitrogens is 1. The largest absolute Gasteiger partial charge is 0.349 e. The fourth-order valence-electron chi connectivity index (χ4n) is 2.78. The third-order valence-electron chi connectivity index (χ3n) is 4.16. The van der Waals surface area contributed by atoms with Gasteiger partial charge in [-0.1, -0.05) is 36.4 Å². The summed E-state index contributed by atoms with van der Waals surface area (Å²) in [6.45, 7) is 1.05. The average molecular weight is 488 g/mol. The van der Waals surface area contributed by atoms with Crippen LogP contribution in [0.3, 0.4) is 0 Å². The molecular weight excluding hydrogens is 467 g/mol. The molecule has 0 radical (unpaired) electrons. The van der Waals surface area contributed by atoms with E-state index in [1.54, 1.807) is 7.05 Å². The van der Waals surface area contributed by atoms with E-state index in [1.807, 2.05) is 65.3 Å². The summed E-state index contributed by atoms with van der Waals surface area (Å²) in [7, 11) is 1.73. The summed E-state index contributed by atoms with van der Waals surface area (Å²) in [5.74, 6) is 2.32. The predicted molar refractivity (Wildman–Crippen MR) is 119 cm³/mol. The first-order valence-corrected chi connectivity index (χ1v) is 8.66. The Kier molecular flexibility index (Phi) is 6.58. The zero-order valence-corrected chi connectivity index (χ0v) is 17.7. The van der Waals surface area contributed by atoms with E-state index in [0.29, 0.717) is 19.0 Å². The molecule has 28 heavy (non-hydrogen) atoms. The second kappa shape index (κ2) is 9.31. The molecule has 0 fully saturated rings. The maximum atomic E-state index is 4.42. The lowest BCUT2D eigenvalue weighted by molar-refractivity contribution is 0.750. The highest BCUT2D eigenvalue weighted by atomic mass is 127. The number of pyridine rings is 1. The molecule has 3 heterocycles. The first-order valence-electron chi connectivity index (χ1n) is 8.66. The first kappa shape index (κ1) is 19.8. The molecule has 0 atom stereocenters. The van der Waals surface area contributed by atoms with E-state index < -0.39 is 0 Å². The molecule has 4 rings (SSSR count). The number of aromatic amines is 1. The SMILES string of the molecule is CN=C(NCc1ncc(-c2ccccc2)[nH]1)NCc1nnc2ccccn12.I. The monoisotopic (exact) mass is 488 g/mol. The van der Waals surface area contributed by atoms with Crippen molar-refractivity contribution in [3.05, 3.63) is 72.6 Å². The van der Waals surface area contributed by atoms with Gasteiger partial charge in [-0.05, 0) is 17.7 Å². The standard InChI is InChI=1S/C19H20N8.HI/c1-20-19(23-13-18-26-25-17-9-5-6-10-27(17)18)22-12-16-21-11-15(24-16)14-7-3-2-4-8-14;/h2-11H,12-13H2,1H3,(H,21,24)(H2,20,22,23);1H. The summed E-state index contributed by atoms with van der Waals surface area (Å²) in [6, 6.07) is 15.9. The normalized spacial score (nSPS) is 11.2. The smallest absolute Gasteiger partial charge is 0.191 e. The number of nitrogens with one attached hydrogen (secondary N) is 3. The minimum absolute atomic E-state index is 0. The minimum atomic E-state index is 0. The van der Waals surface area contributed by atoms with Gasteiger partial charge >= 0.3 is 0 Å². The third kappa shape index (κ3) is 4.47. The first-order chi connectivity index (χ1) is 13.3. The molecule has 0 saturated carbocycles. The van der Waals surface area contributed by atoms with Crippen LogP contribution in [0.4, 0.5) is 0 Å². The molecule has 8 nitrogen and oxygen atoms in total. The quantitative estimate of drug-likeness (QED) is 0.228. The van der Waals surface area contributed by atoms with Crippen LogP contribution >= 0.6 is 24.0 Å². The Bertz CT molecular complexity index is 1050. The highest BCUT2D eigenvalue weighted by molar-refractivity contribution is 14.0. The second-order valence-corrected chi connectivity index (χ2v) is 5.93. The van der Waals surface area contributed by atoms with E-state index in [1.165, 1.54) is 0 Å². The van der Waals surface area contributed by atoms with E-state index in [-0.39, 0.29) is 24.0 Å². The Morgan fingerprint density at radius 3 is 2.64 bits per heavy atom. The van der Waals surface area contributed by atoms with Crippen LogP contribution in [0.25, 0.3) is 16.9 Å². The molecule has 0 bridgehead atoms. The van der Waals surface area contributed by atoms with Crippen molar-refractivity contribution in [2.75, 3.05) is 7.05 Å². The molecule has 0 aliphatic heterocycles. The number of aromatic nitrogens is 5. The Labute approximate surface area is 179 Å². The summed E-state index contributed by atoms with van der Waals surface area (Å²) in [5, 5.41) is 14.8. The lowest BCUT2D eigenvalue weighted by atomic mass is 10.2. The summed E-state index contributed by atoms with van der Waals surface area (Å²) in [4.78, 5) is 12.0. The summed E-state index contributed by atoms with van der Waals surface area (Å²) < 4.78 is 1.94. The maximum absolute atomic E-state index is 4.42. The van der Waals surface area contributed by atoms with Gasteiger partial charge in [0.15, 0.2) is 17.4 Å². The van der Waals surface area contributed by atoms with Crippen molar-refractivity contribution in [3.63, 3.8) is 0 Å². The zero-order chi connectivity index (χ0) is 18.5. The molecule has 3 N–H and O–H groups in total. The number of hydrogen-bond donors (Lipinski definition) is 3. The number of guanidine groups is 1. The van der Waals surface area contributed by atoms with E-state index in [2.05, 4.69) is 35.8 Å². The number of halogens is 1. The van der Waals surface area contributed by atoms with Gasteiger partial charge in [-0.3, -0.25) is 9.39 Å². The zero-order valence-electron chi connectivity index (χ0n) is 15.3. The molecule has 0 saturated heterocycles. The average Bonchev–Trinajstić information content (AvgIpc) is 3.36. The molecule has 0 unspecified atom stereocenters. The van der Waals surface area contributed by atoms with Crippen LogP contribution in [0.1, 0.15) is 11.6 Å². The molecule has 3 aromatic heterocycles. The predicted octanol–water partition coefficient (Wildman–Crippen LogP) is 2.60. The van der Waals surface area contributed by atoms with Gasteiger partial charge in [-0.25, -0.2) is 4.98 Å². The Morgan fingerprint density at radius 1 is 1.04 bits per heavy atom. The molecule has 0 aliphatic carbocycles. The fraction of sp³-hybridized carbons (Fsp3) is 0.158. The van der Waals surface area contributed by atoms with Crippen LogP contribution in [0.15, 0.2) is 65.9 Å². The van der Waals surface area contributed by atoms with E-state index in [4.69, 9.17) is 0 Å². The van der Waals surface area contributed by atoms with E-state index in [0.717, 1.165) is 28.6 Å². The topological polar surface area (TPSA) is 95.3 Å². The van der Waals surface area contributed by atoms with Crippen LogP contribution in [0.5, 0.6) is 0 Å². The molecule has 0 aliphatic rings. The Balaban J connectivity index is 0.00000225. The number of fused-ring (bicyclic) bond motifs is 1. The van der Waals surface area contributed by atoms with Gasteiger partial charge in [-0.15, -0.1) is 34.2 Å². The van der Waals surface area contributed by atoms with Crippen molar-refractivity contribution in [1.82, 2.24) is 35.2 Å². The molecule has 0 amide bonds. The number of imidazole rings is 1. The molecule has 144 valence electrons. The van der Waals surface area contributed by atoms with Gasteiger partial charge in [0.2, 0.25) is 0 Å². The lowest BCUT2D eigenvalue weighted by Gasteiger charge is -2.10. The van der Waals surface area contributed by atoms with Crippen LogP contribution in [0.2, 0.25) is 0 Å². The lowest BCUT2D eigenvalue weighted by Crippen LogP contribution is -2.37. The highest BCUT2D eigenvalue weighted by Crippen LogP contribution is 2.15. The van der Waals surface area contributed by atoms with E-state index >= 15 is 0 Å². The van der Waals surface area contributed by atoms with Gasteiger partial charge < -0.3 is 15.6 Å². The summed E-state index contributed by atoms with van der Waals surface area (Å²) in [5.41, 5.74) is 2.92. The van der Waals surface area contributed by atoms with Crippen molar-refractivity contribution in [2.24, 2.45) is 4.99 Å². The van der Waals surface area contributed by atoms with Gasteiger partial charge in [0.1, 0.15) is 5.82 Å². The van der Waals surface area contributed by atoms with Crippen molar-refractivity contribution in [1.29, 1.82) is 0 Å². The highest BCUT2D eigenvalue weighted by Gasteiger charge is 2.07. The van der Waals surface area contributed by atoms with E-state index in [9.17, 15) is 0 Å².